The summed E-state index contributed by atoms with van der Waals surface area (Å²) in [7, 11) is -3.73. The number of amides is 1. The lowest BCUT2D eigenvalue weighted by molar-refractivity contribution is -0.131. The van der Waals surface area contributed by atoms with E-state index in [1.807, 2.05) is 0 Å². The van der Waals surface area contributed by atoms with E-state index < -0.39 is 32.5 Å². The van der Waals surface area contributed by atoms with E-state index in [1.54, 1.807) is 6.92 Å². The minimum atomic E-state index is -3.73. The molecular weight excluding hydrogens is 282 g/mol. The van der Waals surface area contributed by atoms with Gasteiger partial charge in [-0.2, -0.15) is 0 Å². The summed E-state index contributed by atoms with van der Waals surface area (Å²) >= 11 is 0. The number of aliphatic hydroxyl groups is 1. The minimum Gasteiger partial charge on any atom is -0.381 e. The molecule has 3 N–H and O–H groups in total. The summed E-state index contributed by atoms with van der Waals surface area (Å²) in [5.41, 5.74) is 1.37. The highest BCUT2D eigenvalue weighted by Crippen LogP contribution is 2.25. The van der Waals surface area contributed by atoms with Gasteiger partial charge >= 0.3 is 0 Å². The van der Waals surface area contributed by atoms with E-state index in [4.69, 9.17) is 10.3 Å². The third kappa shape index (κ3) is 5.22. The average Bonchev–Trinajstić information content (AvgIpc) is 2.31. The zero-order valence-corrected chi connectivity index (χ0v) is 12.7. The van der Waals surface area contributed by atoms with E-state index >= 15 is 0 Å². The molecule has 1 amide bonds. The number of carbonyl (C=O) groups excluding carboxylic acids is 1. The zero-order chi connectivity index (χ0) is 16.0. The molecule has 2 unspecified atom stereocenters. The lowest BCUT2D eigenvalue weighted by Crippen LogP contribution is -2.49. The maximum atomic E-state index is 11.7. The zero-order valence-electron chi connectivity index (χ0n) is 11.9. The molecule has 0 spiro atoms. The molecule has 0 rings (SSSR count). The fourth-order valence-electron chi connectivity index (χ4n) is 1.47. The maximum Gasteiger partial charge on any atom is 0.264 e. The van der Waals surface area contributed by atoms with Gasteiger partial charge in [0.25, 0.3) is 5.91 Å². The molecule has 0 saturated carbocycles. The van der Waals surface area contributed by atoms with Crippen LogP contribution in [0.1, 0.15) is 27.2 Å². The Morgan fingerprint density at radius 2 is 1.80 bits per heavy atom. The van der Waals surface area contributed by atoms with Crippen LogP contribution in [0.4, 0.5) is 0 Å². The highest BCUT2D eigenvalue weighted by atomic mass is 32.2. The molecule has 0 aromatic heterocycles. The molecule has 0 radical (unpaired) electrons. The summed E-state index contributed by atoms with van der Waals surface area (Å²) in [6, 6.07) is 0. The van der Waals surface area contributed by atoms with Gasteiger partial charge in [0.2, 0.25) is 0 Å². The molecule has 0 aliphatic carbocycles. The normalized spacial score (nSPS) is 16.5. The van der Waals surface area contributed by atoms with Crippen LogP contribution in [-0.4, -0.2) is 41.7 Å². The average molecular weight is 301 g/mol. The predicted molar refractivity (Wildman–Crippen MR) is 74.2 cm³/mol. The number of rotatable bonds is 4. The van der Waals surface area contributed by atoms with Gasteiger partial charge in [0, 0.05) is 12.2 Å². The summed E-state index contributed by atoms with van der Waals surface area (Å²) < 4.78 is 21.7. The van der Waals surface area contributed by atoms with Gasteiger partial charge in [-0.1, -0.05) is 18.8 Å². The van der Waals surface area contributed by atoms with Crippen molar-refractivity contribution >= 4 is 15.7 Å². The first-order valence-electron chi connectivity index (χ1n) is 5.88. The van der Waals surface area contributed by atoms with Crippen molar-refractivity contribution < 1.29 is 23.5 Å². The highest BCUT2D eigenvalue weighted by molar-refractivity contribution is 7.92. The van der Waals surface area contributed by atoms with Gasteiger partial charge in [-0.3, -0.25) is 10.0 Å². The van der Waals surface area contributed by atoms with Crippen LogP contribution in [0, 0.1) is 29.6 Å². The fourth-order valence-corrected chi connectivity index (χ4v) is 2.40. The highest BCUT2D eigenvalue weighted by Gasteiger charge is 2.44. The Balaban J connectivity index is 5.14. The van der Waals surface area contributed by atoms with Crippen LogP contribution >= 0.6 is 0 Å². The van der Waals surface area contributed by atoms with E-state index in [0.717, 1.165) is 6.26 Å². The first-order valence-corrected chi connectivity index (χ1v) is 7.77. The molecule has 112 valence electrons. The summed E-state index contributed by atoms with van der Waals surface area (Å²) in [4.78, 5) is 11.6. The van der Waals surface area contributed by atoms with Gasteiger partial charge in [-0.15, -0.1) is 0 Å². The number of hydroxylamine groups is 1. The predicted octanol–water partition coefficient (Wildman–Crippen LogP) is -0.291. The van der Waals surface area contributed by atoms with Crippen LogP contribution in [0.5, 0.6) is 0 Å². The number of aliphatic hydroxyl groups excluding tert-OH is 1. The molecule has 0 aromatic carbocycles. The lowest BCUT2D eigenvalue weighted by atomic mass is 9.96. The second-order valence-corrected chi connectivity index (χ2v) is 7.21. The Hall–Kier alpha value is -1.54. The summed E-state index contributed by atoms with van der Waals surface area (Å²) in [5.74, 6) is 8.59. The number of hydrogen-bond donors (Lipinski definition) is 3. The van der Waals surface area contributed by atoms with Crippen LogP contribution < -0.4 is 5.48 Å². The third-order valence-corrected chi connectivity index (χ3v) is 4.75. The Morgan fingerprint density at radius 1 is 1.30 bits per heavy atom. The molecule has 6 nitrogen and oxygen atoms in total. The van der Waals surface area contributed by atoms with Gasteiger partial charge in [-0.25, -0.2) is 13.9 Å². The van der Waals surface area contributed by atoms with Crippen molar-refractivity contribution in [3.63, 3.8) is 0 Å². The Kier molecular flexibility index (Phi) is 6.74. The van der Waals surface area contributed by atoms with Crippen molar-refractivity contribution in [1.82, 2.24) is 5.48 Å². The van der Waals surface area contributed by atoms with Crippen LogP contribution in [0.15, 0.2) is 0 Å². The van der Waals surface area contributed by atoms with Crippen LogP contribution in [-0.2, 0) is 14.6 Å². The summed E-state index contributed by atoms with van der Waals surface area (Å²) in [6.07, 6.45) is 0.0538. The van der Waals surface area contributed by atoms with Crippen molar-refractivity contribution in [3.8, 4) is 23.7 Å². The van der Waals surface area contributed by atoms with Crippen molar-refractivity contribution in [2.24, 2.45) is 5.92 Å². The molecule has 0 bridgehead atoms. The molecule has 0 aromatic rings. The Labute approximate surface area is 119 Å². The third-order valence-electron chi connectivity index (χ3n) is 2.76. The van der Waals surface area contributed by atoms with E-state index in [9.17, 15) is 13.2 Å². The Bertz CT molecular complexity index is 573. The second-order valence-electron chi connectivity index (χ2n) is 4.76. The van der Waals surface area contributed by atoms with Gasteiger partial charge in [0.1, 0.15) is 6.10 Å². The molecule has 20 heavy (non-hydrogen) atoms. The van der Waals surface area contributed by atoms with Crippen LogP contribution in [0.25, 0.3) is 0 Å². The van der Waals surface area contributed by atoms with E-state index in [-0.39, 0.29) is 6.42 Å². The van der Waals surface area contributed by atoms with Crippen molar-refractivity contribution in [2.45, 2.75) is 38.0 Å². The molecule has 0 fully saturated rings. The van der Waals surface area contributed by atoms with E-state index in [0.29, 0.717) is 0 Å². The van der Waals surface area contributed by atoms with Crippen LogP contribution in [0.3, 0.4) is 0 Å². The number of hydrogen-bond acceptors (Lipinski definition) is 5. The first-order chi connectivity index (χ1) is 9.04. The van der Waals surface area contributed by atoms with E-state index in [2.05, 4.69) is 23.7 Å². The van der Waals surface area contributed by atoms with Crippen molar-refractivity contribution in [2.75, 3.05) is 6.26 Å². The number of carbonyl (C=O) groups is 1. The summed E-state index contributed by atoms with van der Waals surface area (Å²) in [6.45, 7) is 4.36. The second kappa shape index (κ2) is 7.30. The monoisotopic (exact) mass is 301 g/mol. The molecular formula is C13H19NO5S. The van der Waals surface area contributed by atoms with E-state index in [1.165, 1.54) is 19.3 Å². The molecule has 0 aliphatic heterocycles. The van der Waals surface area contributed by atoms with Crippen molar-refractivity contribution in [3.05, 3.63) is 0 Å². The molecule has 3 atom stereocenters. The summed E-state index contributed by atoms with van der Waals surface area (Å²) in [5, 5.41) is 17.6. The maximum absolute atomic E-state index is 11.7. The number of nitrogens with one attached hydrogen (secondary N) is 1. The van der Waals surface area contributed by atoms with Crippen molar-refractivity contribution in [1.29, 1.82) is 0 Å². The van der Waals surface area contributed by atoms with Gasteiger partial charge in [0.15, 0.2) is 14.6 Å². The molecule has 0 saturated heterocycles. The minimum absolute atomic E-state index is 0.0818. The van der Waals surface area contributed by atoms with Crippen LogP contribution in [0.2, 0.25) is 0 Å². The lowest BCUT2D eigenvalue weighted by Gasteiger charge is -2.26. The number of sulfone groups is 1. The SMILES string of the molecule is CC(O)C#CC#CC(C)C[C@](C)(C(=O)NO)S(C)(=O)=O. The molecule has 0 heterocycles. The first kappa shape index (κ1) is 18.5. The molecule has 0 aliphatic rings. The standard InChI is InChI=1S/C13H19NO5S/c1-10(7-5-6-8-11(2)15)9-13(3,12(16)14-17)20(4,18)19/h10-11,15,17H,9H2,1-4H3,(H,14,16)/t10?,11?,13-/m1/s1. The van der Waals surface area contributed by atoms with Gasteiger partial charge in [-0.05, 0) is 32.1 Å². The smallest absolute Gasteiger partial charge is 0.264 e. The van der Waals surface area contributed by atoms with Gasteiger partial charge < -0.3 is 5.11 Å². The van der Waals surface area contributed by atoms with Gasteiger partial charge in [0.05, 0.1) is 0 Å². The topological polar surface area (TPSA) is 104 Å². The largest absolute Gasteiger partial charge is 0.381 e. The fraction of sp³-hybridized carbons (Fsp3) is 0.615. The Morgan fingerprint density at radius 3 is 2.20 bits per heavy atom. The molecule has 7 heteroatoms. The quantitative estimate of drug-likeness (QED) is 0.376.